The zero-order valence-corrected chi connectivity index (χ0v) is 19.1. The molecule has 7 nitrogen and oxygen atoms in total. The maximum atomic E-state index is 12.8. The molecule has 1 N–H and O–H groups in total. The van der Waals surface area contributed by atoms with Gasteiger partial charge in [-0.25, -0.2) is 4.79 Å². The minimum Gasteiger partial charge on any atom is -0.447 e. The Kier molecular flexibility index (Phi) is 6.22. The van der Waals surface area contributed by atoms with Gasteiger partial charge < -0.3 is 10.1 Å². The summed E-state index contributed by atoms with van der Waals surface area (Å²) in [6, 6.07) is 21.3. The molecule has 2 aromatic heterocycles. The van der Waals surface area contributed by atoms with Gasteiger partial charge in [0.15, 0.2) is 0 Å². The molecular weight excluding hydrogens is 448 g/mol. The number of carbonyl (C=O) groups is 2. The maximum absolute atomic E-state index is 12.8. The Bertz CT molecular complexity index is 1330. The molecule has 8 heteroatoms. The first-order valence-electron chi connectivity index (χ1n) is 10.8. The van der Waals surface area contributed by atoms with Crippen molar-refractivity contribution in [3.63, 3.8) is 0 Å². The summed E-state index contributed by atoms with van der Waals surface area (Å²) in [5.41, 5.74) is 3.99. The Balaban J connectivity index is 1.37. The molecule has 0 radical (unpaired) electrons. The number of nitrogens with one attached hydrogen (secondary N) is 1. The van der Waals surface area contributed by atoms with Gasteiger partial charge in [0.2, 0.25) is 5.91 Å². The third kappa shape index (κ3) is 4.77. The van der Waals surface area contributed by atoms with E-state index < -0.39 is 6.09 Å². The molecule has 1 aliphatic rings. The molecule has 2 amide bonds. The summed E-state index contributed by atoms with van der Waals surface area (Å²) < 4.78 is 6.92. The van der Waals surface area contributed by atoms with Crippen LogP contribution < -0.4 is 10.2 Å². The molecule has 1 saturated heterocycles. The van der Waals surface area contributed by atoms with E-state index in [1.54, 1.807) is 29.5 Å². The molecule has 0 aliphatic carbocycles. The van der Waals surface area contributed by atoms with Crippen LogP contribution in [0.2, 0.25) is 0 Å². The minimum atomic E-state index is -0.413. The lowest BCUT2D eigenvalue weighted by Gasteiger charge is -2.17. The van der Waals surface area contributed by atoms with Crippen molar-refractivity contribution in [2.45, 2.75) is 6.54 Å². The molecule has 4 aromatic rings. The van der Waals surface area contributed by atoms with Crippen LogP contribution in [0.4, 0.5) is 16.2 Å². The lowest BCUT2D eigenvalue weighted by Crippen LogP contribution is -2.25. The molecule has 170 valence electrons. The largest absolute Gasteiger partial charge is 0.447 e. The summed E-state index contributed by atoms with van der Waals surface area (Å²) in [5, 5.41) is 9.66. The van der Waals surface area contributed by atoms with Crippen LogP contribution in [0, 0.1) is 0 Å². The van der Waals surface area contributed by atoms with Crippen molar-refractivity contribution in [2.75, 3.05) is 23.4 Å². The first-order chi connectivity index (χ1) is 16.7. The Morgan fingerprint density at radius 2 is 1.91 bits per heavy atom. The van der Waals surface area contributed by atoms with Crippen LogP contribution in [0.15, 0.2) is 84.4 Å². The first-order valence-corrected chi connectivity index (χ1v) is 11.7. The Hall–Kier alpha value is -4.17. The van der Waals surface area contributed by atoms with Gasteiger partial charge in [-0.15, -0.1) is 11.3 Å². The SMILES string of the molecule is O=C(/C=C/c1cn(Cc2ccccc2)nc1-c1cccs1)Nc1ccccc1N1CCOC1=O. The number of benzene rings is 2. The van der Waals surface area contributed by atoms with Gasteiger partial charge in [0.25, 0.3) is 0 Å². The molecule has 0 saturated carbocycles. The molecule has 0 atom stereocenters. The third-order valence-corrected chi connectivity index (χ3v) is 6.24. The number of ether oxygens (including phenoxy) is 1. The third-order valence-electron chi connectivity index (χ3n) is 5.36. The van der Waals surface area contributed by atoms with Gasteiger partial charge in [-0.05, 0) is 35.2 Å². The number of hydrogen-bond acceptors (Lipinski definition) is 5. The highest BCUT2D eigenvalue weighted by Crippen LogP contribution is 2.29. The van der Waals surface area contributed by atoms with Crippen molar-refractivity contribution in [1.29, 1.82) is 0 Å². The normalized spacial score (nSPS) is 13.4. The van der Waals surface area contributed by atoms with Crippen LogP contribution in [0.25, 0.3) is 16.6 Å². The number of aromatic nitrogens is 2. The smallest absolute Gasteiger partial charge is 0.414 e. The first kappa shape index (κ1) is 21.7. The Labute approximate surface area is 200 Å². The Morgan fingerprint density at radius 1 is 1.09 bits per heavy atom. The van der Waals surface area contributed by atoms with Crippen LogP contribution >= 0.6 is 11.3 Å². The van der Waals surface area contributed by atoms with Gasteiger partial charge >= 0.3 is 6.09 Å². The number of amides is 2. The average Bonchev–Trinajstić information content (AvgIpc) is 3.60. The van der Waals surface area contributed by atoms with Crippen molar-refractivity contribution in [2.24, 2.45) is 0 Å². The van der Waals surface area contributed by atoms with Crippen LogP contribution in [-0.2, 0) is 16.1 Å². The predicted octanol–water partition coefficient (Wildman–Crippen LogP) is 5.27. The molecule has 34 heavy (non-hydrogen) atoms. The number of para-hydroxylation sites is 2. The monoisotopic (exact) mass is 470 g/mol. The summed E-state index contributed by atoms with van der Waals surface area (Å²) in [4.78, 5) is 27.3. The van der Waals surface area contributed by atoms with Gasteiger partial charge in [0.05, 0.1) is 29.3 Å². The quantitative estimate of drug-likeness (QED) is 0.374. The fraction of sp³-hybridized carbons (Fsp3) is 0.115. The number of rotatable bonds is 7. The van der Waals surface area contributed by atoms with Gasteiger partial charge in [-0.2, -0.15) is 5.10 Å². The highest BCUT2D eigenvalue weighted by molar-refractivity contribution is 7.13. The standard InChI is InChI=1S/C26H22N4O3S/c31-24(27-21-9-4-5-10-22(21)30-14-15-33-26(30)32)13-12-20-18-29(17-19-7-2-1-3-8-19)28-25(20)23-11-6-16-34-23/h1-13,16,18H,14-15,17H2,(H,27,31)/b13-12+. The molecule has 0 spiro atoms. The van der Waals surface area contributed by atoms with Gasteiger partial charge in [0.1, 0.15) is 12.3 Å². The van der Waals surface area contributed by atoms with Crippen molar-refractivity contribution in [1.82, 2.24) is 9.78 Å². The Morgan fingerprint density at radius 3 is 2.68 bits per heavy atom. The van der Waals surface area contributed by atoms with Crippen LogP contribution in [0.5, 0.6) is 0 Å². The lowest BCUT2D eigenvalue weighted by molar-refractivity contribution is -0.111. The van der Waals surface area contributed by atoms with Crippen molar-refractivity contribution in [3.05, 3.63) is 95.5 Å². The highest BCUT2D eigenvalue weighted by Gasteiger charge is 2.25. The number of thiophene rings is 1. The molecular formula is C26H22N4O3S. The molecule has 2 aromatic carbocycles. The van der Waals surface area contributed by atoms with Gasteiger partial charge in [-0.3, -0.25) is 14.4 Å². The zero-order chi connectivity index (χ0) is 23.3. The van der Waals surface area contributed by atoms with E-state index >= 15 is 0 Å². The van der Waals surface area contributed by atoms with Crippen molar-refractivity contribution >= 4 is 40.8 Å². The summed E-state index contributed by atoms with van der Waals surface area (Å²) in [7, 11) is 0. The van der Waals surface area contributed by atoms with E-state index in [1.165, 1.54) is 11.0 Å². The second-order valence-electron chi connectivity index (χ2n) is 7.70. The number of carbonyl (C=O) groups excluding carboxylic acids is 2. The molecule has 3 heterocycles. The number of nitrogens with zero attached hydrogens (tertiary/aromatic N) is 3. The fourth-order valence-corrected chi connectivity index (χ4v) is 4.51. The number of anilines is 2. The van der Waals surface area contributed by atoms with Crippen molar-refractivity contribution < 1.29 is 14.3 Å². The summed E-state index contributed by atoms with van der Waals surface area (Å²) in [6.07, 6.45) is 4.79. The second kappa shape index (κ2) is 9.76. The molecule has 1 aliphatic heterocycles. The summed E-state index contributed by atoms with van der Waals surface area (Å²) >= 11 is 1.60. The predicted molar refractivity (Wildman–Crippen MR) is 134 cm³/mol. The second-order valence-corrected chi connectivity index (χ2v) is 8.65. The van der Waals surface area contributed by atoms with Gasteiger partial charge in [-0.1, -0.05) is 48.5 Å². The maximum Gasteiger partial charge on any atom is 0.414 e. The van der Waals surface area contributed by atoms with E-state index in [2.05, 4.69) is 17.4 Å². The number of hydrogen-bond donors (Lipinski definition) is 1. The summed E-state index contributed by atoms with van der Waals surface area (Å²) in [5.74, 6) is -0.298. The van der Waals surface area contributed by atoms with Crippen LogP contribution in [0.1, 0.15) is 11.1 Å². The topological polar surface area (TPSA) is 76.5 Å². The summed E-state index contributed by atoms with van der Waals surface area (Å²) in [6.45, 7) is 1.42. The minimum absolute atomic E-state index is 0.298. The molecule has 0 unspecified atom stereocenters. The molecule has 0 bridgehead atoms. The van der Waals surface area contributed by atoms with E-state index in [9.17, 15) is 9.59 Å². The zero-order valence-electron chi connectivity index (χ0n) is 18.3. The van der Waals surface area contributed by atoms with Crippen LogP contribution in [-0.4, -0.2) is 34.9 Å². The van der Waals surface area contributed by atoms with E-state index in [1.807, 2.05) is 58.7 Å². The van der Waals surface area contributed by atoms with E-state index in [-0.39, 0.29) is 5.91 Å². The van der Waals surface area contributed by atoms with Gasteiger partial charge in [0, 0.05) is 17.8 Å². The van der Waals surface area contributed by atoms with E-state index in [4.69, 9.17) is 9.84 Å². The van der Waals surface area contributed by atoms with E-state index in [0.717, 1.165) is 21.7 Å². The number of cyclic esters (lactones) is 1. The van der Waals surface area contributed by atoms with Crippen LogP contribution in [0.3, 0.4) is 0 Å². The average molecular weight is 471 g/mol. The van der Waals surface area contributed by atoms with Crippen molar-refractivity contribution in [3.8, 4) is 10.6 Å². The highest BCUT2D eigenvalue weighted by atomic mass is 32.1. The molecule has 5 rings (SSSR count). The fourth-order valence-electron chi connectivity index (χ4n) is 3.78. The lowest BCUT2D eigenvalue weighted by atomic mass is 10.2. The van der Waals surface area contributed by atoms with E-state index in [0.29, 0.717) is 31.1 Å². The molecule has 1 fully saturated rings.